The molecule has 0 spiro atoms. The van der Waals surface area contributed by atoms with Crippen LogP contribution in [0.15, 0.2) is 12.5 Å². The number of hydrogen-bond donors (Lipinski definition) is 0. The van der Waals surface area contributed by atoms with Crippen molar-refractivity contribution in [2.24, 2.45) is 0 Å². The second kappa shape index (κ2) is 7.38. The van der Waals surface area contributed by atoms with Crippen molar-refractivity contribution in [3.8, 4) is 0 Å². The molecule has 0 radical (unpaired) electrons. The summed E-state index contributed by atoms with van der Waals surface area (Å²) < 4.78 is 1.12. The third kappa shape index (κ3) is 4.22. The van der Waals surface area contributed by atoms with Crippen molar-refractivity contribution in [3.05, 3.63) is 16.1 Å². The number of alkyl halides is 1. The Morgan fingerprint density at radius 3 is 2.87 bits per heavy atom. The number of aromatic nitrogens is 2. The van der Waals surface area contributed by atoms with Crippen LogP contribution in [0, 0.1) is 3.57 Å². The van der Waals surface area contributed by atoms with Crippen molar-refractivity contribution >= 4 is 44.3 Å². The van der Waals surface area contributed by atoms with Gasteiger partial charge in [0.1, 0.15) is 12.1 Å². The van der Waals surface area contributed by atoms with Crippen molar-refractivity contribution in [2.45, 2.75) is 19.8 Å². The Kier molecular flexibility index (Phi) is 6.47. The van der Waals surface area contributed by atoms with E-state index in [1.54, 1.807) is 6.33 Å². The van der Waals surface area contributed by atoms with Gasteiger partial charge in [-0.1, -0.05) is 29.3 Å². The van der Waals surface area contributed by atoms with Gasteiger partial charge in [0.15, 0.2) is 0 Å². The fourth-order valence-electron chi connectivity index (χ4n) is 1.31. The lowest BCUT2D eigenvalue weighted by Gasteiger charge is -2.23. The van der Waals surface area contributed by atoms with Gasteiger partial charge in [0.2, 0.25) is 0 Å². The Morgan fingerprint density at radius 1 is 1.47 bits per heavy atom. The zero-order valence-corrected chi connectivity index (χ0v) is 12.5. The highest BCUT2D eigenvalue weighted by Gasteiger charge is 2.09. The van der Waals surface area contributed by atoms with Crippen LogP contribution in [0.1, 0.15) is 19.8 Å². The summed E-state index contributed by atoms with van der Waals surface area (Å²) in [7, 11) is 0. The first kappa shape index (κ1) is 13.2. The molecule has 0 unspecified atom stereocenters. The van der Waals surface area contributed by atoms with E-state index in [0.717, 1.165) is 27.8 Å². The van der Waals surface area contributed by atoms with Gasteiger partial charge in [0.25, 0.3) is 0 Å². The molecular formula is C10H15BrIN3. The van der Waals surface area contributed by atoms with E-state index in [1.807, 2.05) is 6.20 Å². The van der Waals surface area contributed by atoms with Gasteiger partial charge in [0, 0.05) is 24.6 Å². The lowest BCUT2D eigenvalue weighted by Crippen LogP contribution is -2.28. The van der Waals surface area contributed by atoms with Gasteiger partial charge in [-0.2, -0.15) is 0 Å². The maximum Gasteiger partial charge on any atom is 0.145 e. The smallest absolute Gasteiger partial charge is 0.145 e. The summed E-state index contributed by atoms with van der Waals surface area (Å²) in [5.41, 5.74) is 0. The molecule has 84 valence electrons. The first-order valence-corrected chi connectivity index (χ1v) is 7.26. The number of halogens is 2. The molecule has 1 aromatic rings. The largest absolute Gasteiger partial charge is 0.355 e. The maximum absolute atomic E-state index is 4.34. The third-order valence-corrected chi connectivity index (χ3v) is 3.20. The summed E-state index contributed by atoms with van der Waals surface area (Å²) in [6, 6.07) is 0. The number of rotatable bonds is 6. The molecule has 1 rings (SSSR count). The van der Waals surface area contributed by atoms with Gasteiger partial charge >= 0.3 is 0 Å². The molecule has 0 fully saturated rings. The Morgan fingerprint density at radius 2 is 2.27 bits per heavy atom. The molecule has 0 saturated heterocycles. The normalized spacial score (nSPS) is 10.3. The zero-order chi connectivity index (χ0) is 11.1. The van der Waals surface area contributed by atoms with Gasteiger partial charge < -0.3 is 4.90 Å². The van der Waals surface area contributed by atoms with Crippen molar-refractivity contribution in [1.29, 1.82) is 0 Å². The van der Waals surface area contributed by atoms with Gasteiger partial charge in [-0.25, -0.2) is 9.97 Å². The summed E-state index contributed by atoms with van der Waals surface area (Å²) in [5.74, 6) is 1.05. The second-order valence-corrected chi connectivity index (χ2v) is 5.18. The molecule has 1 heterocycles. The molecule has 0 aliphatic carbocycles. The van der Waals surface area contributed by atoms with Crippen molar-refractivity contribution < 1.29 is 0 Å². The zero-order valence-electron chi connectivity index (χ0n) is 8.79. The molecule has 5 heteroatoms. The van der Waals surface area contributed by atoms with Crippen molar-refractivity contribution in [1.82, 2.24) is 9.97 Å². The lowest BCUT2D eigenvalue weighted by molar-refractivity contribution is 0.724. The summed E-state index contributed by atoms with van der Waals surface area (Å²) >= 11 is 5.76. The van der Waals surface area contributed by atoms with E-state index < -0.39 is 0 Å². The molecule has 1 aromatic heterocycles. The van der Waals surface area contributed by atoms with E-state index >= 15 is 0 Å². The fourth-order valence-corrected chi connectivity index (χ4v) is 2.38. The highest BCUT2D eigenvalue weighted by Crippen LogP contribution is 2.18. The average molecular weight is 384 g/mol. The van der Waals surface area contributed by atoms with Gasteiger partial charge in [-0.05, 0) is 29.0 Å². The molecule has 0 amide bonds. The van der Waals surface area contributed by atoms with Crippen LogP contribution in [0.3, 0.4) is 0 Å². The molecule has 0 N–H and O–H groups in total. The molecule has 15 heavy (non-hydrogen) atoms. The predicted octanol–water partition coefficient (Wildman–Crippen LogP) is 3.08. The van der Waals surface area contributed by atoms with E-state index in [0.29, 0.717) is 0 Å². The summed E-state index contributed by atoms with van der Waals surface area (Å²) in [6.07, 6.45) is 5.88. The highest BCUT2D eigenvalue weighted by atomic mass is 127. The van der Waals surface area contributed by atoms with Gasteiger partial charge in [-0.3, -0.25) is 0 Å². The monoisotopic (exact) mass is 383 g/mol. The van der Waals surface area contributed by atoms with E-state index in [4.69, 9.17) is 0 Å². The standard InChI is InChI=1S/C10H15BrIN3/c1-2-3-5-15(6-4-11)10-9(12)7-13-8-14-10/h7-8H,2-6H2,1H3. The lowest BCUT2D eigenvalue weighted by atomic mass is 10.3. The predicted molar refractivity (Wildman–Crippen MR) is 75.7 cm³/mol. The number of anilines is 1. The summed E-state index contributed by atoms with van der Waals surface area (Å²) in [5, 5.41) is 0.969. The van der Waals surface area contributed by atoms with Crippen LogP contribution in [-0.2, 0) is 0 Å². The number of hydrogen-bond acceptors (Lipinski definition) is 3. The quantitative estimate of drug-likeness (QED) is 0.558. The van der Waals surface area contributed by atoms with E-state index in [-0.39, 0.29) is 0 Å². The maximum atomic E-state index is 4.34. The minimum atomic E-state index is 0.969. The minimum Gasteiger partial charge on any atom is -0.355 e. The Bertz CT molecular complexity index is 296. The van der Waals surface area contributed by atoms with Crippen molar-refractivity contribution in [2.75, 3.05) is 23.3 Å². The Labute approximate surface area is 113 Å². The molecule has 0 atom stereocenters. The van der Waals surface area contributed by atoms with Crippen LogP contribution >= 0.6 is 38.5 Å². The number of nitrogens with zero attached hydrogens (tertiary/aromatic N) is 3. The Balaban J connectivity index is 2.74. The topological polar surface area (TPSA) is 29.0 Å². The molecular weight excluding hydrogens is 369 g/mol. The first-order chi connectivity index (χ1) is 7.29. The molecule has 3 nitrogen and oxygen atoms in total. The van der Waals surface area contributed by atoms with E-state index in [9.17, 15) is 0 Å². The van der Waals surface area contributed by atoms with Crippen LogP contribution < -0.4 is 4.90 Å². The SMILES string of the molecule is CCCCN(CCBr)c1ncncc1I. The van der Waals surface area contributed by atoms with Crippen LogP contribution in [-0.4, -0.2) is 28.4 Å². The minimum absolute atomic E-state index is 0.969. The highest BCUT2D eigenvalue weighted by molar-refractivity contribution is 14.1. The Hall–Kier alpha value is 0.0900. The van der Waals surface area contributed by atoms with Gasteiger partial charge in [-0.15, -0.1) is 0 Å². The van der Waals surface area contributed by atoms with Gasteiger partial charge in [0.05, 0.1) is 3.57 Å². The number of unbranched alkanes of at least 4 members (excludes halogenated alkanes) is 1. The van der Waals surface area contributed by atoms with Crippen LogP contribution in [0.2, 0.25) is 0 Å². The van der Waals surface area contributed by atoms with Crippen LogP contribution in [0.4, 0.5) is 5.82 Å². The first-order valence-electron chi connectivity index (χ1n) is 5.06. The summed E-state index contributed by atoms with van der Waals surface area (Å²) in [4.78, 5) is 10.7. The van der Waals surface area contributed by atoms with E-state index in [1.165, 1.54) is 12.8 Å². The molecule has 0 saturated carbocycles. The van der Waals surface area contributed by atoms with Crippen LogP contribution in [0.5, 0.6) is 0 Å². The van der Waals surface area contributed by atoms with Crippen molar-refractivity contribution in [3.63, 3.8) is 0 Å². The fraction of sp³-hybridized carbons (Fsp3) is 0.600. The van der Waals surface area contributed by atoms with E-state index in [2.05, 4.69) is 60.3 Å². The molecule has 0 bridgehead atoms. The second-order valence-electron chi connectivity index (χ2n) is 3.22. The third-order valence-electron chi connectivity index (χ3n) is 2.08. The molecule has 0 aliphatic rings. The molecule has 0 aromatic carbocycles. The summed E-state index contributed by atoms with van der Waals surface area (Å²) in [6.45, 7) is 4.26. The van der Waals surface area contributed by atoms with Crippen LogP contribution in [0.25, 0.3) is 0 Å². The average Bonchev–Trinajstić information content (AvgIpc) is 2.25. The molecule has 0 aliphatic heterocycles.